The molecule has 0 spiro atoms. The van der Waals surface area contributed by atoms with Crippen LogP contribution in [-0.2, 0) is 19.1 Å². The summed E-state index contributed by atoms with van der Waals surface area (Å²) in [5.74, 6) is -1.36. The molecule has 1 saturated heterocycles. The van der Waals surface area contributed by atoms with Gasteiger partial charge in [-0.2, -0.15) is 0 Å². The number of esters is 1. The number of nitrogens with zero attached hydrogens (tertiary/aromatic N) is 1. The van der Waals surface area contributed by atoms with E-state index in [1.54, 1.807) is 19.1 Å². The molecule has 0 aromatic heterocycles. The number of carbonyl (C=O) groups excluding carboxylic acids is 4. The maximum absolute atomic E-state index is 12.8. The van der Waals surface area contributed by atoms with Crippen LogP contribution in [0.2, 0.25) is 0 Å². The second kappa shape index (κ2) is 9.87. The predicted octanol–water partition coefficient (Wildman–Crippen LogP) is 4.02. The van der Waals surface area contributed by atoms with Gasteiger partial charge in [0.05, 0.1) is 28.9 Å². The van der Waals surface area contributed by atoms with Crippen LogP contribution in [0.25, 0.3) is 10.8 Å². The number of carbonyl (C=O) groups is 4. The Kier molecular flexibility index (Phi) is 6.74. The molecule has 8 heteroatoms. The SMILES string of the molecule is CCOC(=O)c1ccc(N2C(=O)C[C@H](SCC(=O)Nc3ccc4ccccc4c3)C2=O)cc1. The van der Waals surface area contributed by atoms with Gasteiger partial charge < -0.3 is 10.1 Å². The first kappa shape index (κ1) is 22.5. The van der Waals surface area contributed by atoms with E-state index in [0.29, 0.717) is 16.9 Å². The standard InChI is InChI=1S/C25H22N2O5S/c1-2-32-25(31)17-8-11-20(12-9-17)27-23(29)14-21(24(27)30)33-15-22(28)26-19-10-7-16-5-3-4-6-18(16)13-19/h3-13,21H,2,14-15H2,1H3,(H,26,28)/t21-/m0/s1. The Balaban J connectivity index is 1.35. The van der Waals surface area contributed by atoms with Crippen LogP contribution in [0.15, 0.2) is 66.7 Å². The first-order chi connectivity index (χ1) is 16.0. The lowest BCUT2D eigenvalue weighted by atomic mass is 10.1. The molecule has 7 nitrogen and oxygen atoms in total. The fourth-order valence-corrected chi connectivity index (χ4v) is 4.54. The van der Waals surface area contributed by atoms with E-state index < -0.39 is 11.2 Å². The summed E-state index contributed by atoms with van der Waals surface area (Å²) in [6.07, 6.45) is 0.0202. The monoisotopic (exact) mass is 462 g/mol. The van der Waals surface area contributed by atoms with Gasteiger partial charge in [0.15, 0.2) is 0 Å². The maximum atomic E-state index is 12.8. The molecule has 3 amide bonds. The lowest BCUT2D eigenvalue weighted by Gasteiger charge is -2.15. The highest BCUT2D eigenvalue weighted by Gasteiger charge is 2.40. The molecule has 0 bridgehead atoms. The van der Waals surface area contributed by atoms with E-state index in [1.807, 2.05) is 42.5 Å². The van der Waals surface area contributed by atoms with Crippen LogP contribution in [-0.4, -0.2) is 41.3 Å². The zero-order valence-electron chi connectivity index (χ0n) is 17.9. The number of benzene rings is 3. The van der Waals surface area contributed by atoms with Gasteiger partial charge in [-0.15, -0.1) is 11.8 Å². The van der Waals surface area contributed by atoms with Crippen molar-refractivity contribution in [2.24, 2.45) is 0 Å². The van der Waals surface area contributed by atoms with Crippen molar-refractivity contribution in [3.8, 4) is 0 Å². The molecule has 33 heavy (non-hydrogen) atoms. The molecule has 3 aromatic rings. The number of ether oxygens (including phenoxy) is 1. The van der Waals surface area contributed by atoms with Crippen molar-refractivity contribution in [3.05, 3.63) is 72.3 Å². The largest absolute Gasteiger partial charge is 0.462 e. The highest BCUT2D eigenvalue weighted by molar-refractivity contribution is 8.01. The third-order valence-corrected chi connectivity index (χ3v) is 6.39. The lowest BCUT2D eigenvalue weighted by Crippen LogP contribution is -2.31. The second-order valence-electron chi connectivity index (χ2n) is 7.45. The second-order valence-corrected chi connectivity index (χ2v) is 8.64. The number of hydrogen-bond acceptors (Lipinski definition) is 6. The van der Waals surface area contributed by atoms with E-state index in [4.69, 9.17) is 4.74 Å². The summed E-state index contributed by atoms with van der Waals surface area (Å²) < 4.78 is 4.94. The molecule has 1 aliphatic rings. The quantitative estimate of drug-likeness (QED) is 0.421. The Bertz CT molecular complexity index is 1220. The number of rotatable bonds is 7. The summed E-state index contributed by atoms with van der Waals surface area (Å²) in [7, 11) is 0. The van der Waals surface area contributed by atoms with Crippen molar-refractivity contribution in [2.45, 2.75) is 18.6 Å². The van der Waals surface area contributed by atoms with Crippen LogP contribution in [0, 0.1) is 0 Å². The van der Waals surface area contributed by atoms with Crippen molar-refractivity contribution in [3.63, 3.8) is 0 Å². The molecule has 1 fully saturated rings. The zero-order chi connectivity index (χ0) is 23.4. The fraction of sp³-hybridized carbons (Fsp3) is 0.200. The van der Waals surface area contributed by atoms with Crippen LogP contribution in [0.3, 0.4) is 0 Å². The summed E-state index contributed by atoms with van der Waals surface area (Å²) in [5.41, 5.74) is 1.41. The van der Waals surface area contributed by atoms with E-state index >= 15 is 0 Å². The van der Waals surface area contributed by atoms with Gasteiger partial charge in [-0.3, -0.25) is 14.4 Å². The van der Waals surface area contributed by atoms with Gasteiger partial charge in [-0.25, -0.2) is 9.69 Å². The summed E-state index contributed by atoms with van der Waals surface area (Å²) in [4.78, 5) is 50.6. The minimum absolute atomic E-state index is 0.0202. The van der Waals surface area contributed by atoms with Gasteiger partial charge in [-0.05, 0) is 54.1 Å². The molecule has 0 unspecified atom stereocenters. The molecular weight excluding hydrogens is 440 g/mol. The molecule has 1 aliphatic heterocycles. The average Bonchev–Trinajstić information content (AvgIpc) is 3.10. The van der Waals surface area contributed by atoms with Crippen molar-refractivity contribution in [1.82, 2.24) is 0 Å². The lowest BCUT2D eigenvalue weighted by molar-refractivity contribution is -0.121. The van der Waals surface area contributed by atoms with Crippen LogP contribution >= 0.6 is 11.8 Å². The molecule has 1 N–H and O–H groups in total. The van der Waals surface area contributed by atoms with Gasteiger partial charge >= 0.3 is 5.97 Å². The minimum atomic E-state index is -0.635. The van der Waals surface area contributed by atoms with Crippen molar-refractivity contribution >= 4 is 57.6 Å². The average molecular weight is 463 g/mol. The number of anilines is 2. The van der Waals surface area contributed by atoms with Crippen molar-refractivity contribution < 1.29 is 23.9 Å². The summed E-state index contributed by atoms with van der Waals surface area (Å²) in [5, 5.41) is 4.30. The van der Waals surface area contributed by atoms with E-state index in [2.05, 4.69) is 5.32 Å². The molecule has 0 saturated carbocycles. The Hall–Kier alpha value is -3.65. The highest BCUT2D eigenvalue weighted by atomic mass is 32.2. The molecule has 1 heterocycles. The number of thioether (sulfide) groups is 1. The van der Waals surface area contributed by atoms with Gasteiger partial charge in [0, 0.05) is 12.1 Å². The van der Waals surface area contributed by atoms with Crippen LogP contribution in [0.4, 0.5) is 11.4 Å². The van der Waals surface area contributed by atoms with Crippen LogP contribution in [0.5, 0.6) is 0 Å². The number of hydrogen-bond donors (Lipinski definition) is 1. The number of amides is 3. The molecule has 4 rings (SSSR count). The Morgan fingerprint density at radius 1 is 1.03 bits per heavy atom. The third-order valence-electron chi connectivity index (χ3n) is 5.19. The Morgan fingerprint density at radius 3 is 2.48 bits per heavy atom. The molecule has 0 aliphatic carbocycles. The Labute approximate surface area is 195 Å². The number of imide groups is 1. The van der Waals surface area contributed by atoms with Crippen molar-refractivity contribution in [2.75, 3.05) is 22.6 Å². The van der Waals surface area contributed by atoms with Crippen LogP contribution < -0.4 is 10.2 Å². The summed E-state index contributed by atoms with van der Waals surface area (Å²) >= 11 is 1.14. The molecule has 3 aromatic carbocycles. The van der Waals surface area contributed by atoms with Gasteiger partial charge in [0.25, 0.3) is 0 Å². The first-order valence-corrected chi connectivity index (χ1v) is 11.6. The predicted molar refractivity (Wildman–Crippen MR) is 128 cm³/mol. The zero-order valence-corrected chi connectivity index (χ0v) is 18.8. The summed E-state index contributed by atoms with van der Waals surface area (Å²) in [6.45, 7) is 1.98. The highest BCUT2D eigenvalue weighted by Crippen LogP contribution is 2.30. The molecule has 1 atom stereocenters. The molecule has 0 radical (unpaired) electrons. The van der Waals surface area contributed by atoms with E-state index in [0.717, 1.165) is 27.4 Å². The van der Waals surface area contributed by atoms with Crippen LogP contribution in [0.1, 0.15) is 23.7 Å². The number of nitrogens with one attached hydrogen (secondary N) is 1. The topological polar surface area (TPSA) is 92.8 Å². The fourth-order valence-electron chi connectivity index (χ4n) is 3.61. The van der Waals surface area contributed by atoms with E-state index in [9.17, 15) is 19.2 Å². The smallest absolute Gasteiger partial charge is 0.338 e. The molecular formula is C25H22N2O5S. The number of fused-ring (bicyclic) bond motifs is 1. The van der Waals surface area contributed by atoms with E-state index in [-0.39, 0.29) is 36.5 Å². The van der Waals surface area contributed by atoms with Gasteiger partial charge in [-0.1, -0.05) is 30.3 Å². The van der Waals surface area contributed by atoms with Crippen molar-refractivity contribution in [1.29, 1.82) is 0 Å². The maximum Gasteiger partial charge on any atom is 0.338 e. The first-order valence-electron chi connectivity index (χ1n) is 10.5. The van der Waals surface area contributed by atoms with E-state index in [1.165, 1.54) is 12.1 Å². The van der Waals surface area contributed by atoms with Gasteiger partial charge in [0.2, 0.25) is 17.7 Å². The molecule has 168 valence electrons. The summed E-state index contributed by atoms with van der Waals surface area (Å²) in [6, 6.07) is 19.6. The third kappa shape index (κ3) is 5.06. The normalized spacial score (nSPS) is 15.7. The van der Waals surface area contributed by atoms with Gasteiger partial charge in [0.1, 0.15) is 0 Å². The minimum Gasteiger partial charge on any atom is -0.462 e. The Morgan fingerprint density at radius 2 is 1.76 bits per heavy atom.